The topological polar surface area (TPSA) is 72.8 Å². The second-order valence-corrected chi connectivity index (χ2v) is 4.38. The number of aliphatic carboxylic acids is 1. The molecule has 0 aromatic heterocycles. The van der Waals surface area contributed by atoms with Gasteiger partial charge in [-0.3, -0.25) is 9.59 Å². The standard InChI is InChI=1S/C12H14O5S/c1-16-8-4-3-5-9(17-2)11(8)12(15)18-7-6-10(13)14/h3-5H,6-7H2,1-2H3,(H,13,14). The van der Waals surface area contributed by atoms with Crippen LogP contribution in [0.5, 0.6) is 11.5 Å². The Labute approximate surface area is 109 Å². The average Bonchev–Trinajstić information content (AvgIpc) is 2.36. The summed E-state index contributed by atoms with van der Waals surface area (Å²) in [6.07, 6.45) is -0.0616. The third kappa shape index (κ3) is 3.66. The fraction of sp³-hybridized carbons (Fsp3) is 0.333. The van der Waals surface area contributed by atoms with Gasteiger partial charge in [0.2, 0.25) is 5.12 Å². The Morgan fingerprint density at radius 1 is 1.22 bits per heavy atom. The molecule has 1 aromatic rings. The van der Waals surface area contributed by atoms with Crippen LogP contribution in [0.25, 0.3) is 0 Å². The van der Waals surface area contributed by atoms with E-state index in [2.05, 4.69) is 0 Å². The lowest BCUT2D eigenvalue weighted by Gasteiger charge is -2.11. The maximum absolute atomic E-state index is 12.0. The Morgan fingerprint density at radius 2 is 1.78 bits per heavy atom. The zero-order valence-electron chi connectivity index (χ0n) is 10.1. The number of hydrogen-bond acceptors (Lipinski definition) is 5. The second kappa shape index (κ2) is 6.90. The number of hydrogen-bond donors (Lipinski definition) is 1. The minimum absolute atomic E-state index is 0.0616. The summed E-state index contributed by atoms with van der Waals surface area (Å²) in [5.41, 5.74) is 0.331. The molecule has 0 bridgehead atoms. The maximum Gasteiger partial charge on any atom is 0.304 e. The summed E-state index contributed by atoms with van der Waals surface area (Å²) < 4.78 is 10.2. The van der Waals surface area contributed by atoms with Crippen LogP contribution in [0.2, 0.25) is 0 Å². The van der Waals surface area contributed by atoms with Crippen molar-refractivity contribution in [3.8, 4) is 11.5 Å². The first-order valence-electron chi connectivity index (χ1n) is 5.20. The van der Waals surface area contributed by atoms with Crippen LogP contribution in [0.15, 0.2) is 18.2 Å². The van der Waals surface area contributed by atoms with E-state index < -0.39 is 5.97 Å². The van der Waals surface area contributed by atoms with E-state index in [1.54, 1.807) is 18.2 Å². The van der Waals surface area contributed by atoms with Crippen molar-refractivity contribution in [2.75, 3.05) is 20.0 Å². The zero-order chi connectivity index (χ0) is 13.5. The largest absolute Gasteiger partial charge is 0.496 e. The highest BCUT2D eigenvalue weighted by molar-refractivity contribution is 8.14. The quantitative estimate of drug-likeness (QED) is 0.853. The lowest BCUT2D eigenvalue weighted by atomic mass is 10.2. The van der Waals surface area contributed by atoms with Crippen molar-refractivity contribution in [2.45, 2.75) is 6.42 Å². The van der Waals surface area contributed by atoms with E-state index in [1.807, 2.05) is 0 Å². The van der Waals surface area contributed by atoms with E-state index in [0.29, 0.717) is 17.1 Å². The molecule has 1 rings (SSSR count). The Hall–Kier alpha value is -1.69. The summed E-state index contributed by atoms with van der Waals surface area (Å²) in [7, 11) is 2.93. The first-order valence-corrected chi connectivity index (χ1v) is 6.18. The van der Waals surface area contributed by atoms with Crippen molar-refractivity contribution < 1.29 is 24.2 Å². The monoisotopic (exact) mass is 270 g/mol. The average molecular weight is 270 g/mol. The van der Waals surface area contributed by atoms with Gasteiger partial charge in [0.25, 0.3) is 0 Å². The summed E-state index contributed by atoms with van der Waals surface area (Å²) in [6, 6.07) is 5.04. The van der Waals surface area contributed by atoms with Crippen LogP contribution in [0.4, 0.5) is 0 Å². The van der Waals surface area contributed by atoms with E-state index in [0.717, 1.165) is 11.8 Å². The Morgan fingerprint density at radius 3 is 2.22 bits per heavy atom. The van der Waals surface area contributed by atoms with E-state index in [-0.39, 0.29) is 17.3 Å². The van der Waals surface area contributed by atoms with Gasteiger partial charge in [0, 0.05) is 5.75 Å². The van der Waals surface area contributed by atoms with Gasteiger partial charge in [0.05, 0.1) is 20.6 Å². The number of carbonyl (C=O) groups is 2. The number of benzene rings is 1. The molecule has 18 heavy (non-hydrogen) atoms. The van der Waals surface area contributed by atoms with Crippen molar-refractivity contribution in [3.05, 3.63) is 23.8 Å². The second-order valence-electron chi connectivity index (χ2n) is 3.32. The Kier molecular flexibility index (Phi) is 5.51. The van der Waals surface area contributed by atoms with Crippen LogP contribution in [-0.4, -0.2) is 36.2 Å². The molecule has 0 fully saturated rings. The zero-order valence-corrected chi connectivity index (χ0v) is 11.0. The van der Waals surface area contributed by atoms with E-state index >= 15 is 0 Å². The van der Waals surface area contributed by atoms with Gasteiger partial charge >= 0.3 is 5.97 Å². The van der Waals surface area contributed by atoms with Gasteiger partial charge in [-0.25, -0.2) is 0 Å². The fourth-order valence-corrected chi connectivity index (χ4v) is 2.16. The molecular formula is C12H14O5S. The smallest absolute Gasteiger partial charge is 0.304 e. The SMILES string of the molecule is COc1cccc(OC)c1C(=O)SCCC(=O)O. The van der Waals surface area contributed by atoms with Crippen molar-refractivity contribution in [2.24, 2.45) is 0 Å². The highest BCUT2D eigenvalue weighted by atomic mass is 32.2. The third-order valence-corrected chi connectivity index (χ3v) is 3.06. The van der Waals surface area contributed by atoms with Gasteiger partial charge in [-0.2, -0.15) is 0 Å². The minimum atomic E-state index is -0.928. The van der Waals surface area contributed by atoms with Crippen molar-refractivity contribution in [1.82, 2.24) is 0 Å². The third-order valence-electron chi connectivity index (χ3n) is 2.18. The van der Waals surface area contributed by atoms with Gasteiger partial charge in [-0.15, -0.1) is 0 Å². The maximum atomic E-state index is 12.0. The summed E-state index contributed by atoms with van der Waals surface area (Å²) in [6.45, 7) is 0. The number of methoxy groups -OCH3 is 2. The lowest BCUT2D eigenvalue weighted by molar-refractivity contribution is -0.136. The molecule has 1 N–H and O–H groups in total. The van der Waals surface area contributed by atoms with Crippen LogP contribution < -0.4 is 9.47 Å². The normalized spacial score (nSPS) is 9.89. The van der Waals surface area contributed by atoms with Gasteiger partial charge < -0.3 is 14.6 Å². The molecule has 0 aliphatic carbocycles. The molecule has 0 saturated carbocycles. The van der Waals surface area contributed by atoms with Gasteiger partial charge in [0.15, 0.2) is 0 Å². The summed E-state index contributed by atoms with van der Waals surface area (Å²) in [5, 5.41) is 8.27. The fourth-order valence-electron chi connectivity index (χ4n) is 1.36. The van der Waals surface area contributed by atoms with Gasteiger partial charge in [0.1, 0.15) is 17.1 Å². The predicted molar refractivity (Wildman–Crippen MR) is 68.6 cm³/mol. The molecule has 0 spiro atoms. The minimum Gasteiger partial charge on any atom is -0.496 e. The lowest BCUT2D eigenvalue weighted by Crippen LogP contribution is -2.04. The van der Waals surface area contributed by atoms with Crippen LogP contribution in [0, 0.1) is 0 Å². The molecule has 0 saturated heterocycles. The molecule has 0 heterocycles. The highest BCUT2D eigenvalue weighted by Crippen LogP contribution is 2.31. The van der Waals surface area contributed by atoms with E-state index in [4.69, 9.17) is 14.6 Å². The molecule has 0 aliphatic heterocycles. The highest BCUT2D eigenvalue weighted by Gasteiger charge is 2.18. The Balaban J connectivity index is 2.86. The van der Waals surface area contributed by atoms with E-state index in [1.165, 1.54) is 14.2 Å². The molecule has 0 unspecified atom stereocenters. The number of carboxylic acids is 1. The van der Waals surface area contributed by atoms with Gasteiger partial charge in [-0.05, 0) is 12.1 Å². The molecule has 5 nitrogen and oxygen atoms in total. The van der Waals surface area contributed by atoms with Crippen LogP contribution in [-0.2, 0) is 4.79 Å². The number of thioether (sulfide) groups is 1. The summed E-state index contributed by atoms with van der Waals surface area (Å²) in [5.74, 6) is 0.127. The van der Waals surface area contributed by atoms with Crippen molar-refractivity contribution in [1.29, 1.82) is 0 Å². The molecular weight excluding hydrogens is 256 g/mol. The molecule has 0 amide bonds. The molecule has 1 aromatic carbocycles. The Bertz CT molecular complexity index is 422. The summed E-state index contributed by atoms with van der Waals surface area (Å²) >= 11 is 0.937. The number of rotatable bonds is 6. The molecule has 0 aliphatic rings. The van der Waals surface area contributed by atoms with Crippen LogP contribution >= 0.6 is 11.8 Å². The first-order chi connectivity index (χ1) is 8.60. The predicted octanol–water partition coefficient (Wildman–Crippen LogP) is 2.05. The number of carboxylic acid groups (broad SMARTS) is 1. The van der Waals surface area contributed by atoms with Crippen molar-refractivity contribution >= 4 is 22.8 Å². The van der Waals surface area contributed by atoms with E-state index in [9.17, 15) is 9.59 Å². The number of carbonyl (C=O) groups excluding carboxylic acids is 1. The van der Waals surface area contributed by atoms with Gasteiger partial charge in [-0.1, -0.05) is 17.8 Å². The molecule has 98 valence electrons. The first kappa shape index (κ1) is 14.4. The van der Waals surface area contributed by atoms with Crippen molar-refractivity contribution in [3.63, 3.8) is 0 Å². The van der Waals surface area contributed by atoms with Crippen LogP contribution in [0.1, 0.15) is 16.8 Å². The number of ether oxygens (including phenoxy) is 2. The molecule has 6 heteroatoms. The molecule has 0 atom stereocenters. The summed E-state index contributed by atoms with van der Waals surface area (Å²) in [4.78, 5) is 22.4. The van der Waals surface area contributed by atoms with Crippen LogP contribution in [0.3, 0.4) is 0 Å². The molecule has 0 radical (unpaired) electrons.